The molecule has 3 nitrogen and oxygen atoms in total. The molecule has 19 heavy (non-hydrogen) atoms. The van der Waals surface area contributed by atoms with Crippen LogP contribution in [0.3, 0.4) is 0 Å². The van der Waals surface area contributed by atoms with E-state index in [1.165, 1.54) is 6.07 Å². The lowest BCUT2D eigenvalue weighted by Gasteiger charge is -2.27. The second-order valence-electron chi connectivity index (χ2n) is 5.30. The number of rotatable bonds is 4. The minimum atomic E-state index is -0.219. The van der Waals surface area contributed by atoms with Gasteiger partial charge in [-0.3, -0.25) is 4.79 Å². The van der Waals surface area contributed by atoms with Gasteiger partial charge in [-0.25, -0.2) is 4.39 Å². The van der Waals surface area contributed by atoms with Crippen LogP contribution in [0.4, 0.5) is 4.39 Å². The number of likely N-dealkylation sites (tertiary alicyclic amines) is 1. The van der Waals surface area contributed by atoms with Gasteiger partial charge < -0.3 is 10.6 Å². The average Bonchev–Trinajstić information content (AvgIpc) is 2.85. The number of nitrogens with zero attached hydrogens (tertiary/aromatic N) is 1. The van der Waals surface area contributed by atoms with E-state index in [1.54, 1.807) is 12.1 Å². The monoisotopic (exact) mass is 264 g/mol. The van der Waals surface area contributed by atoms with Gasteiger partial charge in [-0.05, 0) is 37.0 Å². The van der Waals surface area contributed by atoms with Crippen molar-refractivity contribution in [2.75, 3.05) is 13.1 Å². The van der Waals surface area contributed by atoms with Crippen molar-refractivity contribution in [2.24, 2.45) is 11.7 Å². The molecule has 0 radical (unpaired) electrons. The summed E-state index contributed by atoms with van der Waals surface area (Å²) in [6.45, 7) is 3.03. The van der Waals surface area contributed by atoms with Gasteiger partial charge in [-0.1, -0.05) is 19.1 Å². The first-order valence-corrected chi connectivity index (χ1v) is 6.87. The van der Waals surface area contributed by atoms with E-state index in [9.17, 15) is 9.18 Å². The van der Waals surface area contributed by atoms with Crippen LogP contribution in [0.25, 0.3) is 0 Å². The van der Waals surface area contributed by atoms with Crippen LogP contribution in [0.1, 0.15) is 25.3 Å². The van der Waals surface area contributed by atoms with Crippen LogP contribution in [0, 0.1) is 11.7 Å². The second kappa shape index (κ2) is 6.15. The van der Waals surface area contributed by atoms with Crippen molar-refractivity contribution in [2.45, 2.75) is 32.2 Å². The van der Waals surface area contributed by atoms with E-state index in [1.807, 2.05) is 17.9 Å². The number of benzene rings is 1. The quantitative estimate of drug-likeness (QED) is 0.903. The van der Waals surface area contributed by atoms with Gasteiger partial charge in [0.25, 0.3) is 0 Å². The van der Waals surface area contributed by atoms with Gasteiger partial charge in [-0.2, -0.15) is 0 Å². The van der Waals surface area contributed by atoms with Crippen molar-refractivity contribution in [1.29, 1.82) is 0 Å². The molecule has 2 rings (SSSR count). The summed E-state index contributed by atoms with van der Waals surface area (Å²) < 4.78 is 13.2. The Bertz CT molecular complexity index is 450. The predicted octanol–water partition coefficient (Wildman–Crippen LogP) is 1.95. The number of nitrogens with two attached hydrogens (primary N) is 1. The van der Waals surface area contributed by atoms with Crippen molar-refractivity contribution >= 4 is 5.91 Å². The topological polar surface area (TPSA) is 46.3 Å². The van der Waals surface area contributed by atoms with Crippen molar-refractivity contribution in [3.63, 3.8) is 0 Å². The molecule has 1 heterocycles. The van der Waals surface area contributed by atoms with Crippen LogP contribution in [-0.2, 0) is 11.2 Å². The summed E-state index contributed by atoms with van der Waals surface area (Å²) in [6.07, 6.45) is 2.73. The van der Waals surface area contributed by atoms with Gasteiger partial charge in [0.05, 0.1) is 0 Å². The molecule has 1 aliphatic heterocycles. The summed E-state index contributed by atoms with van der Waals surface area (Å²) >= 11 is 0. The molecular formula is C15H21FN2O. The Balaban J connectivity index is 2.05. The Morgan fingerprint density at radius 3 is 3.05 bits per heavy atom. The van der Waals surface area contributed by atoms with Gasteiger partial charge in [0.2, 0.25) is 5.91 Å². The van der Waals surface area contributed by atoms with E-state index >= 15 is 0 Å². The van der Waals surface area contributed by atoms with Crippen molar-refractivity contribution in [1.82, 2.24) is 4.90 Å². The molecule has 0 saturated carbocycles. The molecule has 1 saturated heterocycles. The van der Waals surface area contributed by atoms with E-state index in [0.29, 0.717) is 6.54 Å². The zero-order valence-corrected chi connectivity index (χ0v) is 11.3. The third-order valence-electron chi connectivity index (χ3n) is 3.80. The number of hydrogen-bond acceptors (Lipinski definition) is 2. The fourth-order valence-electron chi connectivity index (χ4n) is 2.66. The maximum atomic E-state index is 13.2. The van der Waals surface area contributed by atoms with Gasteiger partial charge in [0.15, 0.2) is 0 Å². The largest absolute Gasteiger partial charge is 0.339 e. The number of halogens is 1. The van der Waals surface area contributed by atoms with Crippen molar-refractivity contribution < 1.29 is 9.18 Å². The van der Waals surface area contributed by atoms with Crippen LogP contribution in [0.2, 0.25) is 0 Å². The van der Waals surface area contributed by atoms with Crippen LogP contribution < -0.4 is 5.73 Å². The van der Waals surface area contributed by atoms with E-state index in [-0.39, 0.29) is 23.7 Å². The lowest BCUT2D eigenvalue weighted by atomic mass is 10.0. The maximum absolute atomic E-state index is 13.2. The van der Waals surface area contributed by atoms with Gasteiger partial charge in [-0.15, -0.1) is 0 Å². The minimum Gasteiger partial charge on any atom is -0.339 e. The molecule has 0 bridgehead atoms. The Morgan fingerprint density at radius 2 is 2.37 bits per heavy atom. The lowest BCUT2D eigenvalue weighted by Crippen LogP contribution is -2.41. The maximum Gasteiger partial charge on any atom is 0.226 e. The molecule has 1 fully saturated rings. The molecule has 104 valence electrons. The SMILES string of the molecule is CC(CN)C(=O)N1CCCC1Cc1cccc(F)c1. The molecule has 1 amide bonds. The van der Waals surface area contributed by atoms with Crippen LogP contribution in [-0.4, -0.2) is 29.9 Å². The molecular weight excluding hydrogens is 243 g/mol. The highest BCUT2D eigenvalue weighted by Gasteiger charge is 2.30. The first kappa shape index (κ1) is 14.0. The summed E-state index contributed by atoms with van der Waals surface area (Å²) in [5, 5.41) is 0. The third kappa shape index (κ3) is 3.32. The number of amides is 1. The molecule has 4 heteroatoms. The Hall–Kier alpha value is -1.42. The first-order valence-electron chi connectivity index (χ1n) is 6.87. The second-order valence-corrected chi connectivity index (χ2v) is 5.30. The fourth-order valence-corrected chi connectivity index (χ4v) is 2.66. The highest BCUT2D eigenvalue weighted by Crippen LogP contribution is 2.23. The normalized spacial score (nSPS) is 20.6. The summed E-state index contributed by atoms with van der Waals surface area (Å²) in [7, 11) is 0. The molecule has 0 spiro atoms. The zero-order valence-electron chi connectivity index (χ0n) is 11.3. The van der Waals surface area contributed by atoms with E-state index in [0.717, 1.165) is 31.4 Å². The van der Waals surface area contributed by atoms with Gasteiger partial charge >= 0.3 is 0 Å². The predicted molar refractivity (Wildman–Crippen MR) is 73.1 cm³/mol. The molecule has 1 aliphatic rings. The van der Waals surface area contributed by atoms with Gasteiger partial charge in [0.1, 0.15) is 5.82 Å². The fraction of sp³-hybridized carbons (Fsp3) is 0.533. The van der Waals surface area contributed by atoms with Gasteiger partial charge in [0, 0.05) is 25.0 Å². The first-order chi connectivity index (χ1) is 9.11. The Kier molecular flexibility index (Phi) is 4.53. The summed E-state index contributed by atoms with van der Waals surface area (Å²) in [5.74, 6) is -0.224. The standard InChI is InChI=1S/C15H21FN2O/c1-11(10-17)15(19)18-7-3-6-14(18)9-12-4-2-5-13(16)8-12/h2,4-5,8,11,14H,3,6-7,9-10,17H2,1H3. The molecule has 1 aromatic rings. The van der Waals surface area contributed by atoms with Crippen molar-refractivity contribution in [3.05, 3.63) is 35.6 Å². The smallest absolute Gasteiger partial charge is 0.226 e. The Labute approximate surface area is 113 Å². The van der Waals surface area contributed by atoms with Crippen LogP contribution in [0.15, 0.2) is 24.3 Å². The molecule has 2 unspecified atom stereocenters. The van der Waals surface area contributed by atoms with Crippen LogP contribution in [0.5, 0.6) is 0 Å². The van der Waals surface area contributed by atoms with E-state index < -0.39 is 0 Å². The summed E-state index contributed by atoms with van der Waals surface area (Å²) in [6, 6.07) is 6.80. The zero-order chi connectivity index (χ0) is 13.8. The number of carbonyl (C=O) groups is 1. The molecule has 2 N–H and O–H groups in total. The summed E-state index contributed by atoms with van der Waals surface area (Å²) in [5.41, 5.74) is 6.51. The molecule has 1 aromatic carbocycles. The summed E-state index contributed by atoms with van der Waals surface area (Å²) in [4.78, 5) is 14.1. The molecule has 2 atom stereocenters. The highest BCUT2D eigenvalue weighted by molar-refractivity contribution is 5.79. The van der Waals surface area contributed by atoms with Crippen molar-refractivity contribution in [3.8, 4) is 0 Å². The molecule has 0 aliphatic carbocycles. The molecule has 0 aromatic heterocycles. The van der Waals surface area contributed by atoms with Crippen LogP contribution >= 0.6 is 0 Å². The lowest BCUT2D eigenvalue weighted by molar-refractivity contribution is -0.135. The van der Waals surface area contributed by atoms with E-state index in [4.69, 9.17) is 5.73 Å². The number of hydrogen-bond donors (Lipinski definition) is 1. The minimum absolute atomic E-state index is 0.126. The Morgan fingerprint density at radius 1 is 1.58 bits per heavy atom. The third-order valence-corrected chi connectivity index (χ3v) is 3.80. The highest BCUT2D eigenvalue weighted by atomic mass is 19.1. The van der Waals surface area contributed by atoms with E-state index in [2.05, 4.69) is 0 Å². The number of carbonyl (C=O) groups excluding carboxylic acids is 1. The average molecular weight is 264 g/mol.